The fraction of sp³-hybridized carbons (Fsp3) is 0.556. The van der Waals surface area contributed by atoms with Gasteiger partial charge in [0.15, 0.2) is 0 Å². The van der Waals surface area contributed by atoms with E-state index in [2.05, 4.69) is 6.92 Å². The molecule has 3 rings (SSSR count). The monoisotopic (exact) mass is 289 g/mol. The van der Waals surface area contributed by atoms with E-state index in [1.807, 2.05) is 6.92 Å². The van der Waals surface area contributed by atoms with Crippen LogP contribution in [0.15, 0.2) is 22.6 Å². The van der Waals surface area contributed by atoms with Crippen LogP contribution in [0.1, 0.15) is 56.4 Å². The average molecular weight is 289 g/mol. The standard InChI is InChI=1S/C18H24FNO/c1-3-12-5-4-6-13(9-12)17(20)18-11(2)15-10-14(19)7-8-16(15)21-18/h7-8,10,12-13,17H,3-6,9,20H2,1-2H3. The van der Waals surface area contributed by atoms with Crippen LogP contribution in [0.25, 0.3) is 11.0 Å². The summed E-state index contributed by atoms with van der Waals surface area (Å²) in [5.74, 6) is 1.89. The molecule has 1 heterocycles. The molecule has 3 atom stereocenters. The number of furan rings is 1. The van der Waals surface area contributed by atoms with Gasteiger partial charge in [0, 0.05) is 10.9 Å². The summed E-state index contributed by atoms with van der Waals surface area (Å²) in [7, 11) is 0. The summed E-state index contributed by atoms with van der Waals surface area (Å²) in [5, 5.41) is 0.850. The maximum Gasteiger partial charge on any atom is 0.134 e. The SMILES string of the molecule is CCC1CCCC(C(N)c2oc3ccc(F)cc3c2C)C1. The van der Waals surface area contributed by atoms with Gasteiger partial charge in [-0.2, -0.15) is 0 Å². The fourth-order valence-electron chi connectivity index (χ4n) is 3.77. The van der Waals surface area contributed by atoms with E-state index in [4.69, 9.17) is 10.2 Å². The molecule has 0 bridgehead atoms. The second-order valence-corrected chi connectivity index (χ2v) is 6.46. The number of halogens is 1. The lowest BCUT2D eigenvalue weighted by molar-refractivity contribution is 0.218. The summed E-state index contributed by atoms with van der Waals surface area (Å²) in [4.78, 5) is 0. The molecule has 2 nitrogen and oxygen atoms in total. The summed E-state index contributed by atoms with van der Waals surface area (Å²) >= 11 is 0. The number of fused-ring (bicyclic) bond motifs is 1. The topological polar surface area (TPSA) is 39.2 Å². The minimum absolute atomic E-state index is 0.0742. The summed E-state index contributed by atoms with van der Waals surface area (Å²) in [6, 6.07) is 4.60. The molecule has 0 radical (unpaired) electrons. The van der Waals surface area contributed by atoms with Gasteiger partial charge in [-0.1, -0.05) is 26.2 Å². The summed E-state index contributed by atoms with van der Waals surface area (Å²) in [5.41, 5.74) is 8.24. The van der Waals surface area contributed by atoms with Gasteiger partial charge >= 0.3 is 0 Å². The van der Waals surface area contributed by atoms with Crippen molar-refractivity contribution in [2.24, 2.45) is 17.6 Å². The molecule has 0 spiro atoms. The highest BCUT2D eigenvalue weighted by atomic mass is 19.1. The van der Waals surface area contributed by atoms with E-state index in [0.717, 1.165) is 28.2 Å². The smallest absolute Gasteiger partial charge is 0.134 e. The highest BCUT2D eigenvalue weighted by molar-refractivity contribution is 5.82. The Bertz CT molecular complexity index is 633. The van der Waals surface area contributed by atoms with Crippen molar-refractivity contribution in [2.45, 2.75) is 52.0 Å². The highest BCUT2D eigenvalue weighted by Crippen LogP contribution is 2.40. The maximum absolute atomic E-state index is 13.4. The van der Waals surface area contributed by atoms with Crippen molar-refractivity contribution >= 4 is 11.0 Å². The van der Waals surface area contributed by atoms with E-state index in [1.54, 1.807) is 12.1 Å². The van der Waals surface area contributed by atoms with Crippen LogP contribution >= 0.6 is 0 Å². The number of aryl methyl sites for hydroxylation is 1. The Labute approximate surface area is 125 Å². The molecule has 1 aliphatic carbocycles. The molecule has 3 heteroatoms. The first-order chi connectivity index (χ1) is 10.1. The first kappa shape index (κ1) is 14.6. The molecule has 1 aliphatic rings. The Morgan fingerprint density at radius 2 is 2.19 bits per heavy atom. The second-order valence-electron chi connectivity index (χ2n) is 6.46. The quantitative estimate of drug-likeness (QED) is 0.854. The third-order valence-electron chi connectivity index (χ3n) is 5.15. The van der Waals surface area contributed by atoms with Gasteiger partial charge in [-0.3, -0.25) is 0 Å². The van der Waals surface area contributed by atoms with Gasteiger partial charge in [0.05, 0.1) is 6.04 Å². The first-order valence-electron chi connectivity index (χ1n) is 8.04. The molecule has 21 heavy (non-hydrogen) atoms. The van der Waals surface area contributed by atoms with Gasteiger partial charge < -0.3 is 10.2 Å². The summed E-state index contributed by atoms with van der Waals surface area (Å²) in [6.07, 6.45) is 6.16. The van der Waals surface area contributed by atoms with Gasteiger partial charge in [-0.15, -0.1) is 0 Å². The van der Waals surface area contributed by atoms with E-state index in [9.17, 15) is 4.39 Å². The number of nitrogens with two attached hydrogens (primary N) is 1. The molecule has 1 aromatic heterocycles. The normalized spacial score (nSPS) is 24.4. The third kappa shape index (κ3) is 2.71. The van der Waals surface area contributed by atoms with Crippen LogP contribution in [0.2, 0.25) is 0 Å². The number of hydrogen-bond donors (Lipinski definition) is 1. The molecule has 1 aromatic carbocycles. The van der Waals surface area contributed by atoms with E-state index < -0.39 is 0 Å². The zero-order chi connectivity index (χ0) is 15.0. The molecule has 2 aromatic rings. The van der Waals surface area contributed by atoms with Crippen molar-refractivity contribution in [3.63, 3.8) is 0 Å². The molecule has 3 unspecified atom stereocenters. The lowest BCUT2D eigenvalue weighted by Gasteiger charge is -2.31. The van der Waals surface area contributed by atoms with E-state index >= 15 is 0 Å². The molecule has 0 amide bonds. The Morgan fingerprint density at radius 3 is 2.95 bits per heavy atom. The van der Waals surface area contributed by atoms with Crippen LogP contribution in [-0.2, 0) is 0 Å². The van der Waals surface area contributed by atoms with Crippen molar-refractivity contribution in [3.8, 4) is 0 Å². The lowest BCUT2D eigenvalue weighted by atomic mass is 9.76. The number of benzene rings is 1. The highest BCUT2D eigenvalue weighted by Gasteiger charge is 2.29. The number of rotatable bonds is 3. The summed E-state index contributed by atoms with van der Waals surface area (Å²) in [6.45, 7) is 4.24. The molecule has 2 N–H and O–H groups in total. The van der Waals surface area contributed by atoms with Crippen molar-refractivity contribution in [2.75, 3.05) is 0 Å². The fourth-order valence-corrected chi connectivity index (χ4v) is 3.77. The first-order valence-corrected chi connectivity index (χ1v) is 8.04. The third-order valence-corrected chi connectivity index (χ3v) is 5.15. The predicted molar refractivity (Wildman–Crippen MR) is 83.6 cm³/mol. The Balaban J connectivity index is 1.90. The molecule has 1 saturated carbocycles. The van der Waals surface area contributed by atoms with Crippen molar-refractivity contribution < 1.29 is 8.81 Å². The summed E-state index contributed by atoms with van der Waals surface area (Å²) < 4.78 is 19.4. The molecule has 0 aliphatic heterocycles. The van der Waals surface area contributed by atoms with Gasteiger partial charge in [0.25, 0.3) is 0 Å². The van der Waals surface area contributed by atoms with Crippen LogP contribution < -0.4 is 5.73 Å². The van der Waals surface area contributed by atoms with Crippen LogP contribution in [0.4, 0.5) is 4.39 Å². The largest absolute Gasteiger partial charge is 0.459 e. The molecule has 1 fully saturated rings. The van der Waals surface area contributed by atoms with Gasteiger partial charge in [0.1, 0.15) is 17.2 Å². The van der Waals surface area contributed by atoms with E-state index in [-0.39, 0.29) is 11.9 Å². The second kappa shape index (κ2) is 5.80. The predicted octanol–water partition coefficient (Wildman–Crippen LogP) is 5.10. The Kier molecular flexibility index (Phi) is 4.03. The molecule has 0 saturated heterocycles. The maximum atomic E-state index is 13.4. The molecular formula is C18H24FNO. The van der Waals surface area contributed by atoms with Crippen molar-refractivity contribution in [1.82, 2.24) is 0 Å². The van der Waals surface area contributed by atoms with Crippen molar-refractivity contribution in [3.05, 3.63) is 35.3 Å². The van der Waals surface area contributed by atoms with Crippen LogP contribution in [-0.4, -0.2) is 0 Å². The van der Waals surface area contributed by atoms with Gasteiger partial charge in [-0.25, -0.2) is 4.39 Å². The minimum atomic E-state index is -0.227. The molecular weight excluding hydrogens is 265 g/mol. The molecule has 114 valence electrons. The van der Waals surface area contributed by atoms with Crippen LogP contribution in [0.5, 0.6) is 0 Å². The van der Waals surface area contributed by atoms with Crippen LogP contribution in [0.3, 0.4) is 0 Å². The average Bonchev–Trinajstić information content (AvgIpc) is 2.83. The number of hydrogen-bond acceptors (Lipinski definition) is 2. The van der Waals surface area contributed by atoms with Gasteiger partial charge in [-0.05, 0) is 49.8 Å². The van der Waals surface area contributed by atoms with Crippen molar-refractivity contribution in [1.29, 1.82) is 0 Å². The van der Waals surface area contributed by atoms with Gasteiger partial charge in [0.2, 0.25) is 0 Å². The Morgan fingerprint density at radius 1 is 1.38 bits per heavy atom. The van der Waals surface area contributed by atoms with E-state index in [0.29, 0.717) is 5.92 Å². The zero-order valence-electron chi connectivity index (χ0n) is 12.9. The Hall–Kier alpha value is -1.35. The lowest BCUT2D eigenvalue weighted by Crippen LogP contribution is -2.27. The van der Waals surface area contributed by atoms with E-state index in [1.165, 1.54) is 38.2 Å². The zero-order valence-corrected chi connectivity index (χ0v) is 12.9. The minimum Gasteiger partial charge on any atom is -0.459 e. The van der Waals surface area contributed by atoms with Crippen LogP contribution in [0, 0.1) is 24.6 Å².